The van der Waals surface area contributed by atoms with Crippen molar-refractivity contribution in [3.8, 4) is 0 Å². The van der Waals surface area contributed by atoms with Gasteiger partial charge < -0.3 is 9.47 Å². The molecule has 1 saturated carbocycles. The van der Waals surface area contributed by atoms with Gasteiger partial charge in [0.1, 0.15) is 0 Å². The second-order valence-corrected chi connectivity index (χ2v) is 5.38. The molecule has 0 spiro atoms. The van der Waals surface area contributed by atoms with Crippen molar-refractivity contribution < 1.29 is 19.1 Å². The average Bonchev–Trinajstić information content (AvgIpc) is 2.40. The molecule has 0 amide bonds. The van der Waals surface area contributed by atoms with Gasteiger partial charge in [-0.3, -0.25) is 9.59 Å². The summed E-state index contributed by atoms with van der Waals surface area (Å²) in [5.41, 5.74) is 1.04. The van der Waals surface area contributed by atoms with Crippen LogP contribution in [0.15, 0.2) is 12.2 Å². The molecule has 0 aromatic heterocycles. The first-order valence-corrected chi connectivity index (χ1v) is 7.51. The Morgan fingerprint density at radius 2 is 1.60 bits per heavy atom. The maximum absolute atomic E-state index is 12.2. The van der Waals surface area contributed by atoms with Gasteiger partial charge in [-0.05, 0) is 45.4 Å². The molecule has 0 radical (unpaired) electrons. The molecule has 0 aromatic carbocycles. The van der Waals surface area contributed by atoms with Crippen LogP contribution in [0.25, 0.3) is 0 Å². The summed E-state index contributed by atoms with van der Waals surface area (Å²) >= 11 is 0. The molecule has 0 unspecified atom stereocenters. The van der Waals surface area contributed by atoms with Crippen molar-refractivity contribution in [1.29, 1.82) is 0 Å². The van der Waals surface area contributed by atoms with Gasteiger partial charge in [0, 0.05) is 0 Å². The molecule has 0 bridgehead atoms. The Morgan fingerprint density at radius 3 is 2.05 bits per heavy atom. The van der Waals surface area contributed by atoms with Gasteiger partial charge in [0.15, 0.2) is 5.92 Å². The highest BCUT2D eigenvalue weighted by Gasteiger charge is 2.42. The molecule has 1 aliphatic carbocycles. The number of hydrogen-bond acceptors (Lipinski definition) is 4. The monoisotopic (exact) mass is 282 g/mol. The molecule has 0 aliphatic heterocycles. The molecule has 1 aliphatic rings. The average molecular weight is 282 g/mol. The van der Waals surface area contributed by atoms with E-state index in [1.165, 1.54) is 0 Å². The molecule has 20 heavy (non-hydrogen) atoms. The molecule has 114 valence electrons. The molecule has 4 nitrogen and oxygen atoms in total. The van der Waals surface area contributed by atoms with E-state index in [0.29, 0.717) is 0 Å². The Hall–Kier alpha value is -1.32. The summed E-state index contributed by atoms with van der Waals surface area (Å²) in [6.45, 7) is 10.0. The predicted octanol–water partition coefficient (Wildman–Crippen LogP) is 3.11. The normalized spacial score (nSPS) is 22.4. The van der Waals surface area contributed by atoms with Crippen LogP contribution in [0.2, 0.25) is 0 Å². The van der Waals surface area contributed by atoms with Gasteiger partial charge in [0.2, 0.25) is 0 Å². The van der Waals surface area contributed by atoms with Gasteiger partial charge >= 0.3 is 11.9 Å². The second kappa shape index (κ2) is 8.08. The highest BCUT2D eigenvalue weighted by molar-refractivity contribution is 5.95. The van der Waals surface area contributed by atoms with Crippen molar-refractivity contribution in [3.05, 3.63) is 12.2 Å². The zero-order chi connectivity index (χ0) is 15.1. The quantitative estimate of drug-likeness (QED) is 0.427. The van der Waals surface area contributed by atoms with Crippen LogP contribution in [-0.4, -0.2) is 25.2 Å². The number of ether oxygens (including phenoxy) is 2. The minimum absolute atomic E-state index is 0.0423. The van der Waals surface area contributed by atoms with Crippen molar-refractivity contribution in [2.45, 2.75) is 46.5 Å². The van der Waals surface area contributed by atoms with E-state index in [1.54, 1.807) is 13.8 Å². The van der Waals surface area contributed by atoms with E-state index in [0.717, 1.165) is 31.3 Å². The summed E-state index contributed by atoms with van der Waals surface area (Å²) in [6, 6.07) is 0. The first kappa shape index (κ1) is 16.7. The van der Waals surface area contributed by atoms with Crippen LogP contribution in [0, 0.1) is 17.8 Å². The van der Waals surface area contributed by atoms with E-state index in [-0.39, 0.29) is 25.0 Å². The van der Waals surface area contributed by atoms with Gasteiger partial charge in [0.05, 0.1) is 13.2 Å². The van der Waals surface area contributed by atoms with Crippen molar-refractivity contribution in [2.24, 2.45) is 17.8 Å². The smallest absolute Gasteiger partial charge is 0.320 e. The van der Waals surface area contributed by atoms with Gasteiger partial charge in [-0.25, -0.2) is 0 Å². The molecule has 0 heterocycles. The van der Waals surface area contributed by atoms with Crippen molar-refractivity contribution in [2.75, 3.05) is 13.2 Å². The van der Waals surface area contributed by atoms with Crippen LogP contribution in [-0.2, 0) is 19.1 Å². The molecular weight excluding hydrogens is 256 g/mol. The van der Waals surface area contributed by atoms with Crippen molar-refractivity contribution in [1.82, 2.24) is 0 Å². The molecule has 2 atom stereocenters. The minimum Gasteiger partial charge on any atom is -0.465 e. The van der Waals surface area contributed by atoms with Gasteiger partial charge in [-0.2, -0.15) is 0 Å². The van der Waals surface area contributed by atoms with E-state index >= 15 is 0 Å². The number of carbonyl (C=O) groups is 2. The number of esters is 2. The number of hydrogen-bond donors (Lipinski definition) is 0. The lowest BCUT2D eigenvalue weighted by atomic mass is 9.70. The van der Waals surface area contributed by atoms with Crippen LogP contribution < -0.4 is 0 Å². The van der Waals surface area contributed by atoms with E-state index in [4.69, 9.17) is 9.47 Å². The third-order valence-corrected chi connectivity index (χ3v) is 3.96. The SMILES string of the molecule is C=C(C)[C@@H]1CCCC[C@H]1C(C(=O)OCC)C(=O)OCC. The molecule has 4 heteroatoms. The summed E-state index contributed by atoms with van der Waals surface area (Å²) in [5.74, 6) is -1.56. The Kier molecular flexibility index (Phi) is 6.76. The van der Waals surface area contributed by atoms with Crippen LogP contribution in [0.3, 0.4) is 0 Å². The van der Waals surface area contributed by atoms with E-state index in [2.05, 4.69) is 6.58 Å². The highest BCUT2D eigenvalue weighted by atomic mass is 16.6. The lowest BCUT2D eigenvalue weighted by molar-refractivity contribution is -0.166. The lowest BCUT2D eigenvalue weighted by Crippen LogP contribution is -2.39. The summed E-state index contributed by atoms with van der Waals surface area (Å²) in [4.78, 5) is 24.3. The fraction of sp³-hybridized carbons (Fsp3) is 0.750. The van der Waals surface area contributed by atoms with Crippen molar-refractivity contribution >= 4 is 11.9 Å². The van der Waals surface area contributed by atoms with Crippen LogP contribution in [0.1, 0.15) is 46.5 Å². The topological polar surface area (TPSA) is 52.6 Å². The Bertz CT molecular complexity index is 343. The standard InChI is InChI=1S/C16H26O4/c1-5-19-15(17)14(16(18)20-6-2)13-10-8-7-9-12(13)11(3)4/h12-14H,3,5-10H2,1-2,4H3/t12-,13+/m0/s1. The second-order valence-electron chi connectivity index (χ2n) is 5.38. The number of carbonyl (C=O) groups excluding carboxylic acids is 2. The zero-order valence-corrected chi connectivity index (χ0v) is 12.8. The molecule has 1 rings (SSSR count). The first-order valence-electron chi connectivity index (χ1n) is 7.51. The summed E-state index contributed by atoms with van der Waals surface area (Å²) < 4.78 is 10.2. The van der Waals surface area contributed by atoms with E-state index in [9.17, 15) is 9.59 Å². The van der Waals surface area contributed by atoms with Crippen LogP contribution in [0.4, 0.5) is 0 Å². The van der Waals surface area contributed by atoms with Gasteiger partial charge in [0.25, 0.3) is 0 Å². The Balaban J connectivity index is 2.97. The largest absolute Gasteiger partial charge is 0.465 e. The molecule has 0 saturated heterocycles. The van der Waals surface area contributed by atoms with Crippen LogP contribution in [0.5, 0.6) is 0 Å². The highest BCUT2D eigenvalue weighted by Crippen LogP contribution is 2.39. The molecule has 0 N–H and O–H groups in total. The fourth-order valence-corrected chi connectivity index (χ4v) is 3.08. The van der Waals surface area contributed by atoms with Gasteiger partial charge in [-0.1, -0.05) is 25.0 Å². The number of allylic oxidation sites excluding steroid dienone is 1. The third kappa shape index (κ3) is 4.09. The van der Waals surface area contributed by atoms with Crippen LogP contribution >= 0.6 is 0 Å². The molecule has 0 aromatic rings. The molecule has 1 fully saturated rings. The fourth-order valence-electron chi connectivity index (χ4n) is 3.08. The van der Waals surface area contributed by atoms with E-state index in [1.807, 2.05) is 6.92 Å². The van der Waals surface area contributed by atoms with Crippen molar-refractivity contribution in [3.63, 3.8) is 0 Å². The maximum atomic E-state index is 12.2. The summed E-state index contributed by atoms with van der Waals surface area (Å²) in [5, 5.41) is 0. The van der Waals surface area contributed by atoms with E-state index < -0.39 is 17.9 Å². The van der Waals surface area contributed by atoms with Gasteiger partial charge in [-0.15, -0.1) is 0 Å². The molecular formula is C16H26O4. The summed E-state index contributed by atoms with van der Waals surface area (Å²) in [6.07, 6.45) is 3.98. The number of rotatable bonds is 6. The minimum atomic E-state index is -0.808. The third-order valence-electron chi connectivity index (χ3n) is 3.96. The predicted molar refractivity (Wildman–Crippen MR) is 77.0 cm³/mol. The Morgan fingerprint density at radius 1 is 1.10 bits per heavy atom. The Labute approximate surface area is 121 Å². The summed E-state index contributed by atoms with van der Waals surface area (Å²) in [7, 11) is 0. The lowest BCUT2D eigenvalue weighted by Gasteiger charge is -2.35. The first-order chi connectivity index (χ1) is 9.52. The zero-order valence-electron chi connectivity index (χ0n) is 12.8. The maximum Gasteiger partial charge on any atom is 0.320 e.